The molecular weight excluding hydrogens is 390 g/mol. The van der Waals surface area contributed by atoms with E-state index in [0.717, 1.165) is 11.3 Å². The number of fused-ring (bicyclic) bond motifs is 1. The van der Waals surface area contributed by atoms with E-state index >= 15 is 0 Å². The van der Waals surface area contributed by atoms with Gasteiger partial charge in [0.25, 0.3) is 0 Å². The van der Waals surface area contributed by atoms with E-state index in [9.17, 15) is 10.2 Å². The molecule has 2 aromatic heterocycles. The summed E-state index contributed by atoms with van der Waals surface area (Å²) in [7, 11) is 0. The van der Waals surface area contributed by atoms with Crippen LogP contribution in [0.2, 0.25) is 5.02 Å². The minimum atomic E-state index is -1.10. The lowest BCUT2D eigenvalue weighted by atomic mass is 10.1. The molecule has 1 saturated heterocycles. The molecule has 1 aliphatic rings. The molecule has 4 rings (SSSR count). The fourth-order valence-electron chi connectivity index (χ4n) is 3.03. The first-order valence-electron chi connectivity index (χ1n) is 8.31. The van der Waals surface area contributed by atoms with E-state index in [1.54, 1.807) is 16.3 Å². The highest BCUT2D eigenvalue weighted by atomic mass is 35.5. The maximum absolute atomic E-state index is 10.5. The van der Waals surface area contributed by atoms with Gasteiger partial charge in [0.15, 0.2) is 17.7 Å². The molecule has 10 heteroatoms. The Bertz CT molecular complexity index is 938. The van der Waals surface area contributed by atoms with Crippen molar-refractivity contribution in [2.45, 2.75) is 30.3 Å². The third-order valence-corrected chi connectivity index (χ3v) is 5.82. The summed E-state index contributed by atoms with van der Waals surface area (Å²) in [6, 6.07) is 7.60. The van der Waals surface area contributed by atoms with Crippen LogP contribution in [-0.2, 0) is 10.5 Å². The van der Waals surface area contributed by atoms with E-state index in [4.69, 9.17) is 22.1 Å². The number of imidazole rings is 1. The van der Waals surface area contributed by atoms with Gasteiger partial charge in [-0.2, -0.15) is 11.8 Å². The summed E-state index contributed by atoms with van der Waals surface area (Å²) in [4.78, 5) is 12.2. The van der Waals surface area contributed by atoms with Crippen molar-refractivity contribution in [1.82, 2.24) is 19.5 Å². The van der Waals surface area contributed by atoms with E-state index in [2.05, 4.69) is 15.0 Å². The van der Waals surface area contributed by atoms with E-state index in [1.165, 1.54) is 12.7 Å². The van der Waals surface area contributed by atoms with Gasteiger partial charge in [0, 0.05) is 16.5 Å². The highest BCUT2D eigenvalue weighted by molar-refractivity contribution is 7.98. The molecule has 1 fully saturated rings. The van der Waals surface area contributed by atoms with Crippen molar-refractivity contribution in [3.05, 3.63) is 47.5 Å². The molecule has 142 valence electrons. The summed E-state index contributed by atoms with van der Waals surface area (Å²) in [5.74, 6) is 1.53. The molecule has 0 unspecified atom stereocenters. The van der Waals surface area contributed by atoms with Gasteiger partial charge in [-0.1, -0.05) is 23.7 Å². The number of rotatable bonds is 5. The van der Waals surface area contributed by atoms with Gasteiger partial charge in [-0.15, -0.1) is 0 Å². The van der Waals surface area contributed by atoms with E-state index in [-0.39, 0.29) is 5.82 Å². The van der Waals surface area contributed by atoms with Crippen molar-refractivity contribution in [2.75, 3.05) is 11.5 Å². The Morgan fingerprint density at radius 3 is 2.70 bits per heavy atom. The average Bonchev–Trinajstić information content (AvgIpc) is 3.21. The zero-order valence-electron chi connectivity index (χ0n) is 14.1. The number of hydrogen-bond donors (Lipinski definition) is 3. The predicted molar refractivity (Wildman–Crippen MR) is 103 cm³/mol. The Morgan fingerprint density at radius 2 is 1.93 bits per heavy atom. The number of thioether (sulfide) groups is 1. The Morgan fingerprint density at radius 1 is 1.15 bits per heavy atom. The number of nitrogens with zero attached hydrogens (tertiary/aromatic N) is 4. The highest BCUT2D eigenvalue weighted by Gasteiger charge is 2.44. The summed E-state index contributed by atoms with van der Waals surface area (Å²) in [6.45, 7) is 0. The number of aromatic nitrogens is 4. The van der Waals surface area contributed by atoms with Crippen LogP contribution in [0.1, 0.15) is 11.8 Å². The molecule has 1 aromatic carbocycles. The second kappa shape index (κ2) is 7.61. The number of benzene rings is 1. The van der Waals surface area contributed by atoms with Crippen molar-refractivity contribution in [3.63, 3.8) is 0 Å². The maximum Gasteiger partial charge on any atom is 0.167 e. The SMILES string of the molecule is Nc1ncnc2c1ncn2[C@@H]1O[C@H](CSCc2ccc(Cl)cc2)[C@H](O)[C@@H]1O. The van der Waals surface area contributed by atoms with Gasteiger partial charge in [0.1, 0.15) is 24.1 Å². The van der Waals surface area contributed by atoms with Crippen LogP contribution in [0.3, 0.4) is 0 Å². The van der Waals surface area contributed by atoms with Crippen LogP contribution in [0, 0.1) is 0 Å². The van der Waals surface area contributed by atoms with Crippen LogP contribution >= 0.6 is 23.4 Å². The molecule has 1 aliphatic heterocycles. The fourth-order valence-corrected chi connectivity index (χ4v) is 4.21. The van der Waals surface area contributed by atoms with Gasteiger partial charge in [0.2, 0.25) is 0 Å². The Hall–Kier alpha value is -1.91. The summed E-state index contributed by atoms with van der Waals surface area (Å²) < 4.78 is 7.49. The number of hydrogen-bond acceptors (Lipinski definition) is 8. The molecule has 0 radical (unpaired) electrons. The molecule has 4 N–H and O–H groups in total. The van der Waals surface area contributed by atoms with E-state index in [0.29, 0.717) is 21.9 Å². The number of ether oxygens (including phenoxy) is 1. The van der Waals surface area contributed by atoms with Crippen LogP contribution in [-0.4, -0.2) is 53.8 Å². The topological polar surface area (TPSA) is 119 Å². The van der Waals surface area contributed by atoms with Gasteiger partial charge in [-0.3, -0.25) is 4.57 Å². The Labute approximate surface area is 164 Å². The number of nitrogens with two attached hydrogens (primary N) is 1. The van der Waals surface area contributed by atoms with Crippen molar-refractivity contribution < 1.29 is 14.9 Å². The second-order valence-electron chi connectivity index (χ2n) is 6.27. The van der Waals surface area contributed by atoms with Crippen molar-refractivity contribution in [1.29, 1.82) is 0 Å². The minimum absolute atomic E-state index is 0.252. The zero-order chi connectivity index (χ0) is 19.0. The number of anilines is 1. The third-order valence-electron chi connectivity index (χ3n) is 4.46. The van der Waals surface area contributed by atoms with Crippen LogP contribution in [0.15, 0.2) is 36.9 Å². The molecule has 0 aliphatic carbocycles. The Balaban J connectivity index is 1.44. The second-order valence-corrected chi connectivity index (χ2v) is 7.74. The molecule has 0 saturated carbocycles. The summed E-state index contributed by atoms with van der Waals surface area (Å²) in [5, 5.41) is 21.5. The minimum Gasteiger partial charge on any atom is -0.387 e. The first-order valence-corrected chi connectivity index (χ1v) is 9.84. The predicted octanol–water partition coefficient (Wildman–Crippen LogP) is 1.61. The van der Waals surface area contributed by atoms with Crippen LogP contribution in [0.4, 0.5) is 5.82 Å². The number of halogens is 1. The van der Waals surface area contributed by atoms with Crippen molar-refractivity contribution >= 4 is 40.3 Å². The molecule has 27 heavy (non-hydrogen) atoms. The normalized spacial score (nSPS) is 25.3. The summed E-state index contributed by atoms with van der Waals surface area (Å²) in [5.41, 5.74) is 7.81. The molecule has 3 heterocycles. The average molecular weight is 408 g/mol. The zero-order valence-corrected chi connectivity index (χ0v) is 15.7. The van der Waals surface area contributed by atoms with E-state index < -0.39 is 24.5 Å². The van der Waals surface area contributed by atoms with Crippen LogP contribution < -0.4 is 5.73 Å². The molecule has 0 amide bonds. The van der Waals surface area contributed by atoms with Crippen LogP contribution in [0.5, 0.6) is 0 Å². The molecule has 3 aromatic rings. The molecule has 0 spiro atoms. The van der Waals surface area contributed by atoms with Crippen molar-refractivity contribution in [2.24, 2.45) is 0 Å². The van der Waals surface area contributed by atoms with Gasteiger partial charge in [-0.25, -0.2) is 15.0 Å². The van der Waals surface area contributed by atoms with Gasteiger partial charge < -0.3 is 20.7 Å². The van der Waals surface area contributed by atoms with Crippen LogP contribution in [0.25, 0.3) is 11.2 Å². The highest BCUT2D eigenvalue weighted by Crippen LogP contribution is 2.33. The lowest BCUT2D eigenvalue weighted by Crippen LogP contribution is -2.32. The summed E-state index contributed by atoms with van der Waals surface area (Å²) in [6.07, 6.45) is -0.601. The first kappa shape index (κ1) is 18.5. The number of nitrogen functional groups attached to an aromatic ring is 1. The summed E-state index contributed by atoms with van der Waals surface area (Å²) >= 11 is 7.50. The maximum atomic E-state index is 10.5. The van der Waals surface area contributed by atoms with Gasteiger partial charge >= 0.3 is 0 Å². The number of aliphatic hydroxyl groups excluding tert-OH is 2. The third kappa shape index (κ3) is 3.61. The Kier molecular flexibility index (Phi) is 5.20. The molecule has 8 nitrogen and oxygen atoms in total. The van der Waals surface area contributed by atoms with Gasteiger partial charge in [0.05, 0.1) is 12.4 Å². The lowest BCUT2D eigenvalue weighted by Gasteiger charge is -2.16. The molecule has 4 atom stereocenters. The lowest BCUT2D eigenvalue weighted by molar-refractivity contribution is -0.0289. The standard InChI is InChI=1S/C17H18ClN5O3S/c18-10-3-1-9(2-4-10)5-27-6-11-13(24)14(25)17(26-11)23-8-22-12-15(19)20-7-21-16(12)23/h1-4,7-8,11,13-14,17,24-25H,5-6H2,(H2,19,20,21)/t11-,13+,14+,17-/m1/s1. The molecule has 0 bridgehead atoms. The number of aliphatic hydroxyl groups is 2. The smallest absolute Gasteiger partial charge is 0.167 e. The molecular formula is C17H18ClN5O3S. The quantitative estimate of drug-likeness (QED) is 0.583. The monoisotopic (exact) mass is 407 g/mol. The fraction of sp³-hybridized carbons (Fsp3) is 0.353. The largest absolute Gasteiger partial charge is 0.387 e. The first-order chi connectivity index (χ1) is 13.0. The van der Waals surface area contributed by atoms with E-state index in [1.807, 2.05) is 24.3 Å². The van der Waals surface area contributed by atoms with Gasteiger partial charge in [-0.05, 0) is 17.7 Å². The van der Waals surface area contributed by atoms with Crippen molar-refractivity contribution in [3.8, 4) is 0 Å².